The van der Waals surface area contributed by atoms with Gasteiger partial charge >= 0.3 is 0 Å². The van der Waals surface area contributed by atoms with E-state index >= 15 is 0 Å². The quantitative estimate of drug-likeness (QED) is 0.327. The Balaban J connectivity index is 2.11. The molecule has 3 saturated heterocycles. The summed E-state index contributed by atoms with van der Waals surface area (Å²) in [6.07, 6.45) is 7.30. The summed E-state index contributed by atoms with van der Waals surface area (Å²) in [7, 11) is 0. The molecular weight excluding hydrogens is 482 g/mol. The van der Waals surface area contributed by atoms with Crippen molar-refractivity contribution in [2.45, 2.75) is 103 Å². The summed E-state index contributed by atoms with van der Waals surface area (Å²) in [5.41, 5.74) is -1.07. The van der Waals surface area contributed by atoms with E-state index in [1.165, 1.54) is 0 Å². The number of ether oxygens (including phenoxy) is 1. The van der Waals surface area contributed by atoms with Crippen LogP contribution in [0.2, 0.25) is 0 Å². The van der Waals surface area contributed by atoms with Gasteiger partial charge in [-0.1, -0.05) is 46.3 Å². The Bertz CT molecular complexity index is 891. The summed E-state index contributed by atoms with van der Waals surface area (Å²) >= 11 is 0. The minimum absolute atomic E-state index is 0.0424. The van der Waals surface area contributed by atoms with E-state index in [0.717, 1.165) is 19.3 Å². The Kier molecular flexibility index (Phi) is 10.2. The third-order valence-corrected chi connectivity index (χ3v) is 8.61. The molecule has 3 amide bonds. The van der Waals surface area contributed by atoms with Crippen LogP contribution in [0.15, 0.2) is 25.3 Å². The van der Waals surface area contributed by atoms with Gasteiger partial charge in [0, 0.05) is 25.7 Å². The van der Waals surface area contributed by atoms with Crippen molar-refractivity contribution in [2.75, 3.05) is 26.2 Å². The zero-order valence-corrected chi connectivity index (χ0v) is 24.1. The molecule has 0 aromatic heterocycles. The van der Waals surface area contributed by atoms with Crippen LogP contribution < -0.4 is 0 Å². The average Bonchev–Trinajstić information content (AvgIpc) is 3.52. The maximum absolute atomic E-state index is 14.5. The van der Waals surface area contributed by atoms with Crippen LogP contribution in [0.3, 0.4) is 0 Å². The Morgan fingerprint density at radius 1 is 1.16 bits per heavy atom. The molecule has 2 bridgehead atoms. The lowest BCUT2D eigenvalue weighted by atomic mass is 9.70. The Morgan fingerprint density at radius 3 is 2.39 bits per heavy atom. The number of amides is 3. The fraction of sp³-hybridized carbons (Fsp3) is 0.767. The van der Waals surface area contributed by atoms with E-state index in [1.807, 2.05) is 27.7 Å². The molecule has 214 valence electrons. The fourth-order valence-corrected chi connectivity index (χ4v) is 7.15. The predicted octanol–water partition coefficient (Wildman–Crippen LogP) is 3.40. The van der Waals surface area contributed by atoms with Crippen molar-refractivity contribution < 1.29 is 24.2 Å². The number of hydrogen-bond acceptors (Lipinski definition) is 5. The number of carbonyl (C=O) groups excluding carboxylic acids is 3. The molecule has 0 saturated carbocycles. The van der Waals surface area contributed by atoms with E-state index in [-0.39, 0.29) is 36.3 Å². The third kappa shape index (κ3) is 5.31. The second-order valence-electron chi connectivity index (χ2n) is 11.8. The molecular formula is C30H49N3O5. The van der Waals surface area contributed by atoms with Gasteiger partial charge < -0.3 is 24.5 Å². The van der Waals surface area contributed by atoms with Crippen molar-refractivity contribution in [3.63, 3.8) is 0 Å². The Morgan fingerprint density at radius 2 is 1.84 bits per heavy atom. The van der Waals surface area contributed by atoms with Gasteiger partial charge in [0.2, 0.25) is 17.7 Å². The topological polar surface area (TPSA) is 90.4 Å². The van der Waals surface area contributed by atoms with Gasteiger partial charge in [-0.2, -0.15) is 0 Å². The Hall–Kier alpha value is -2.19. The molecule has 3 fully saturated rings. The monoisotopic (exact) mass is 531 g/mol. The number of aliphatic hydroxyl groups is 1. The lowest BCUT2D eigenvalue weighted by Gasteiger charge is -2.41. The summed E-state index contributed by atoms with van der Waals surface area (Å²) in [6, 6.07) is -1.45. The minimum atomic E-state index is -1.07. The van der Waals surface area contributed by atoms with Crippen molar-refractivity contribution in [3.05, 3.63) is 25.3 Å². The van der Waals surface area contributed by atoms with Gasteiger partial charge in [-0.15, -0.1) is 13.2 Å². The maximum Gasteiger partial charge on any atom is 0.248 e. The summed E-state index contributed by atoms with van der Waals surface area (Å²) < 4.78 is 6.64. The van der Waals surface area contributed by atoms with E-state index < -0.39 is 35.6 Å². The zero-order valence-electron chi connectivity index (χ0n) is 24.1. The lowest BCUT2D eigenvalue weighted by molar-refractivity contribution is -0.153. The highest BCUT2D eigenvalue weighted by Gasteiger charge is 2.75. The molecule has 0 aromatic rings. The molecule has 3 unspecified atom stereocenters. The number of carbonyl (C=O) groups is 3. The van der Waals surface area contributed by atoms with E-state index in [4.69, 9.17) is 4.74 Å². The van der Waals surface area contributed by atoms with Crippen molar-refractivity contribution in [1.82, 2.24) is 14.7 Å². The highest BCUT2D eigenvalue weighted by atomic mass is 16.5. The molecule has 1 spiro atoms. The van der Waals surface area contributed by atoms with Crippen LogP contribution in [0.4, 0.5) is 0 Å². The molecule has 38 heavy (non-hydrogen) atoms. The molecule has 3 aliphatic heterocycles. The van der Waals surface area contributed by atoms with Crippen LogP contribution in [-0.2, 0) is 19.1 Å². The highest BCUT2D eigenvalue weighted by Crippen LogP contribution is 2.59. The molecule has 3 aliphatic rings. The van der Waals surface area contributed by atoms with Crippen LogP contribution in [0, 0.1) is 17.8 Å². The molecule has 7 atom stereocenters. The first-order valence-electron chi connectivity index (χ1n) is 14.5. The van der Waals surface area contributed by atoms with Gasteiger partial charge in [0.1, 0.15) is 11.6 Å². The van der Waals surface area contributed by atoms with Crippen molar-refractivity contribution in [3.8, 4) is 0 Å². The highest BCUT2D eigenvalue weighted by molar-refractivity contribution is 5.99. The summed E-state index contributed by atoms with van der Waals surface area (Å²) in [4.78, 5) is 47.9. The van der Waals surface area contributed by atoms with Gasteiger partial charge in [0.25, 0.3) is 0 Å². The summed E-state index contributed by atoms with van der Waals surface area (Å²) in [6.45, 7) is 19.0. The van der Waals surface area contributed by atoms with Crippen LogP contribution in [0.1, 0.15) is 73.1 Å². The number of fused-ring (bicyclic) bond motifs is 1. The van der Waals surface area contributed by atoms with Crippen molar-refractivity contribution in [2.24, 2.45) is 17.8 Å². The SMILES string of the molecule is C=CCN(CCC)C(=O)[C@@H]1[C@H]2C(=O)N([C@@H](CO)CC(C)C)C(C(=O)N(CC=C)C(C)CCC)C23CC[C@H]1O3. The fourth-order valence-electron chi connectivity index (χ4n) is 7.15. The van der Waals surface area contributed by atoms with Gasteiger partial charge in [0.15, 0.2) is 0 Å². The zero-order chi connectivity index (χ0) is 28.2. The number of rotatable bonds is 15. The van der Waals surface area contributed by atoms with Crippen molar-refractivity contribution >= 4 is 17.7 Å². The van der Waals surface area contributed by atoms with Gasteiger partial charge in [-0.05, 0) is 44.9 Å². The summed E-state index contributed by atoms with van der Waals surface area (Å²) in [5.74, 6) is -1.67. The van der Waals surface area contributed by atoms with Gasteiger partial charge in [0.05, 0.1) is 30.6 Å². The lowest BCUT2D eigenvalue weighted by Crippen LogP contribution is -2.60. The van der Waals surface area contributed by atoms with Gasteiger partial charge in [-0.25, -0.2) is 0 Å². The Labute approximate surface area is 229 Å². The smallest absolute Gasteiger partial charge is 0.248 e. The second-order valence-corrected chi connectivity index (χ2v) is 11.8. The van der Waals surface area contributed by atoms with Crippen LogP contribution >= 0.6 is 0 Å². The van der Waals surface area contributed by atoms with E-state index in [1.54, 1.807) is 26.9 Å². The molecule has 8 heteroatoms. The molecule has 0 aromatic carbocycles. The van der Waals surface area contributed by atoms with Crippen LogP contribution in [0.25, 0.3) is 0 Å². The van der Waals surface area contributed by atoms with E-state index in [2.05, 4.69) is 20.1 Å². The molecule has 0 radical (unpaired) electrons. The van der Waals surface area contributed by atoms with Crippen LogP contribution in [-0.4, -0.2) is 93.6 Å². The van der Waals surface area contributed by atoms with E-state index in [9.17, 15) is 19.5 Å². The molecule has 3 rings (SSSR count). The molecule has 8 nitrogen and oxygen atoms in total. The molecule has 1 N–H and O–H groups in total. The normalized spacial score (nSPS) is 29.3. The maximum atomic E-state index is 14.5. The van der Waals surface area contributed by atoms with Crippen molar-refractivity contribution in [1.29, 1.82) is 0 Å². The first-order chi connectivity index (χ1) is 18.1. The second kappa shape index (κ2) is 12.8. The minimum Gasteiger partial charge on any atom is -0.394 e. The number of hydrogen-bond donors (Lipinski definition) is 1. The third-order valence-electron chi connectivity index (χ3n) is 8.61. The molecule has 3 heterocycles. The number of nitrogens with zero attached hydrogens (tertiary/aromatic N) is 3. The average molecular weight is 532 g/mol. The predicted molar refractivity (Wildman–Crippen MR) is 148 cm³/mol. The largest absolute Gasteiger partial charge is 0.394 e. The van der Waals surface area contributed by atoms with Gasteiger partial charge in [-0.3, -0.25) is 14.4 Å². The summed E-state index contributed by atoms with van der Waals surface area (Å²) in [5, 5.41) is 10.5. The number of likely N-dealkylation sites (tertiary alicyclic amines) is 1. The molecule has 0 aliphatic carbocycles. The van der Waals surface area contributed by atoms with Crippen LogP contribution in [0.5, 0.6) is 0 Å². The first kappa shape index (κ1) is 30.4. The number of aliphatic hydroxyl groups excluding tert-OH is 1. The first-order valence-corrected chi connectivity index (χ1v) is 14.5. The standard InChI is InChI=1S/C30H49N3O5/c1-8-12-21(7)32(17-11-4)29(37)26-30-14-13-23(38-30)24(27(35)31(15-9-2)16-10-3)25(30)28(36)33(26)22(19-34)18-20(5)6/h9,11,20-26,34H,2,4,8,10,12-19H2,1,3,5-7H3/t21?,22-,23-,24+,25+,26?,30?/m1/s1. The van der Waals surface area contributed by atoms with E-state index in [0.29, 0.717) is 38.9 Å².